The van der Waals surface area contributed by atoms with Crippen LogP contribution in [0.4, 0.5) is 5.13 Å². The van der Waals surface area contributed by atoms with Gasteiger partial charge in [0.05, 0.1) is 10.7 Å². The third-order valence-corrected chi connectivity index (χ3v) is 4.02. The highest BCUT2D eigenvalue weighted by Gasteiger charge is 2.23. The Kier molecular flexibility index (Phi) is 3.81. The number of thiazole rings is 1. The van der Waals surface area contributed by atoms with Gasteiger partial charge in [-0.15, -0.1) is 11.3 Å². The van der Waals surface area contributed by atoms with Crippen LogP contribution in [-0.2, 0) is 0 Å². The van der Waals surface area contributed by atoms with Gasteiger partial charge in [0.15, 0.2) is 5.13 Å². The highest BCUT2D eigenvalue weighted by molar-refractivity contribution is 7.15. The fraction of sp³-hybridized carbons (Fsp3) is 0.455. The molecular formula is C11H15ClN4S. The Balaban J connectivity index is 2.24. The van der Waals surface area contributed by atoms with E-state index in [2.05, 4.69) is 21.6 Å². The van der Waals surface area contributed by atoms with Crippen LogP contribution in [0, 0.1) is 6.92 Å². The zero-order chi connectivity index (χ0) is 12.4. The Bertz CT molecular complexity index is 454. The van der Waals surface area contributed by atoms with Gasteiger partial charge in [-0.25, -0.2) is 4.98 Å². The van der Waals surface area contributed by atoms with Crippen molar-refractivity contribution >= 4 is 39.8 Å². The number of halogens is 1. The summed E-state index contributed by atoms with van der Waals surface area (Å²) >= 11 is 7.73. The Morgan fingerprint density at radius 2 is 2.53 bits per heavy atom. The van der Waals surface area contributed by atoms with E-state index >= 15 is 0 Å². The zero-order valence-corrected chi connectivity index (χ0v) is 11.3. The van der Waals surface area contributed by atoms with Crippen molar-refractivity contribution in [1.82, 2.24) is 4.98 Å². The molecule has 1 aromatic rings. The third-order valence-electron chi connectivity index (χ3n) is 2.71. The fourth-order valence-corrected chi connectivity index (χ4v) is 3.11. The van der Waals surface area contributed by atoms with Crippen molar-refractivity contribution in [2.24, 2.45) is 10.7 Å². The maximum atomic E-state index is 6.09. The van der Waals surface area contributed by atoms with Gasteiger partial charge in [0.1, 0.15) is 0 Å². The van der Waals surface area contributed by atoms with Gasteiger partial charge in [0, 0.05) is 30.2 Å². The summed E-state index contributed by atoms with van der Waals surface area (Å²) in [6, 6.07) is 0.253. The smallest absolute Gasteiger partial charge is 0.186 e. The molecular weight excluding hydrogens is 256 g/mol. The van der Waals surface area contributed by atoms with Crippen LogP contribution in [0.3, 0.4) is 0 Å². The molecule has 4 nitrogen and oxygen atoms in total. The summed E-state index contributed by atoms with van der Waals surface area (Å²) in [6.07, 6.45) is 2.54. The molecule has 1 aromatic heterocycles. The molecule has 1 aliphatic rings. The van der Waals surface area contributed by atoms with E-state index in [4.69, 9.17) is 17.3 Å². The first-order chi connectivity index (χ1) is 8.11. The lowest BCUT2D eigenvalue weighted by Gasteiger charge is -2.13. The summed E-state index contributed by atoms with van der Waals surface area (Å²) in [4.78, 5) is 11.5. The van der Waals surface area contributed by atoms with Crippen molar-refractivity contribution in [1.29, 1.82) is 0 Å². The summed E-state index contributed by atoms with van der Waals surface area (Å²) in [7, 11) is 0. The van der Waals surface area contributed by atoms with E-state index in [-0.39, 0.29) is 6.04 Å². The maximum absolute atomic E-state index is 6.09. The summed E-state index contributed by atoms with van der Waals surface area (Å²) < 4.78 is 0. The highest BCUT2D eigenvalue weighted by atomic mass is 35.5. The molecule has 1 atom stereocenters. The van der Waals surface area contributed by atoms with Crippen LogP contribution < -0.4 is 10.6 Å². The second-order valence-electron chi connectivity index (χ2n) is 4.06. The Labute approximate surface area is 110 Å². The van der Waals surface area contributed by atoms with E-state index in [1.54, 1.807) is 11.3 Å². The van der Waals surface area contributed by atoms with Crippen LogP contribution in [0.2, 0.25) is 0 Å². The molecule has 1 saturated heterocycles. The van der Waals surface area contributed by atoms with Gasteiger partial charge in [0.25, 0.3) is 0 Å². The Morgan fingerprint density at radius 3 is 3.12 bits per heavy atom. The molecule has 2 N–H and O–H groups in total. The monoisotopic (exact) mass is 270 g/mol. The van der Waals surface area contributed by atoms with Crippen LogP contribution in [0.1, 0.15) is 17.0 Å². The number of aliphatic imine (C=N–C) groups is 1. The molecule has 0 aliphatic carbocycles. The highest BCUT2D eigenvalue weighted by Crippen LogP contribution is 2.32. The van der Waals surface area contributed by atoms with E-state index in [9.17, 15) is 0 Å². The lowest BCUT2D eigenvalue weighted by molar-refractivity contribution is 0.752. The molecule has 6 heteroatoms. The number of anilines is 1. The predicted molar refractivity (Wildman–Crippen MR) is 75.0 cm³/mol. The maximum Gasteiger partial charge on any atom is 0.186 e. The van der Waals surface area contributed by atoms with Crippen LogP contribution in [-0.4, -0.2) is 30.8 Å². The average molecular weight is 271 g/mol. The molecule has 1 fully saturated rings. The number of hydrogen-bond acceptors (Lipinski definition) is 5. The van der Waals surface area contributed by atoms with E-state index < -0.39 is 0 Å². The van der Waals surface area contributed by atoms with Crippen molar-refractivity contribution in [2.45, 2.75) is 19.4 Å². The summed E-state index contributed by atoms with van der Waals surface area (Å²) in [5.41, 5.74) is 6.68. The summed E-state index contributed by atoms with van der Waals surface area (Å²) in [5, 5.41) is 1.52. The van der Waals surface area contributed by atoms with Gasteiger partial charge < -0.3 is 10.6 Å². The molecule has 0 saturated carbocycles. The van der Waals surface area contributed by atoms with Crippen molar-refractivity contribution < 1.29 is 0 Å². The lowest BCUT2D eigenvalue weighted by atomic mass is 10.3. The first-order valence-electron chi connectivity index (χ1n) is 5.41. The van der Waals surface area contributed by atoms with Crippen molar-refractivity contribution in [2.75, 3.05) is 18.0 Å². The summed E-state index contributed by atoms with van der Waals surface area (Å²) in [6.45, 7) is 7.23. The van der Waals surface area contributed by atoms with Crippen molar-refractivity contribution in [3.8, 4) is 0 Å². The minimum absolute atomic E-state index is 0.253. The molecule has 0 unspecified atom stereocenters. The molecule has 1 aliphatic heterocycles. The second kappa shape index (κ2) is 5.16. The Hall–Kier alpha value is -0.910. The second-order valence-corrected chi connectivity index (χ2v) is 5.64. The normalized spacial score (nSPS) is 21.0. The summed E-state index contributed by atoms with van der Waals surface area (Å²) in [5.74, 6) is 0. The largest absolute Gasteiger partial charge is 0.346 e. The first-order valence-corrected chi connectivity index (χ1v) is 6.61. The molecule has 0 bridgehead atoms. The van der Waals surface area contributed by atoms with Crippen LogP contribution in [0.5, 0.6) is 0 Å². The van der Waals surface area contributed by atoms with Crippen LogP contribution in [0.25, 0.3) is 5.03 Å². The molecule has 0 aromatic carbocycles. The minimum atomic E-state index is 0.253. The van der Waals surface area contributed by atoms with Gasteiger partial charge in [-0.3, -0.25) is 4.99 Å². The quantitative estimate of drug-likeness (QED) is 0.857. The lowest BCUT2D eigenvalue weighted by Crippen LogP contribution is -2.26. The molecule has 0 amide bonds. The Morgan fingerprint density at radius 1 is 1.76 bits per heavy atom. The minimum Gasteiger partial charge on any atom is -0.346 e. The van der Waals surface area contributed by atoms with Crippen molar-refractivity contribution in [3.63, 3.8) is 0 Å². The van der Waals surface area contributed by atoms with Gasteiger partial charge in [-0.1, -0.05) is 11.6 Å². The van der Waals surface area contributed by atoms with Crippen LogP contribution in [0.15, 0.2) is 11.2 Å². The molecule has 2 heterocycles. The van der Waals surface area contributed by atoms with E-state index in [0.717, 1.165) is 35.2 Å². The predicted octanol–water partition coefficient (Wildman–Crippen LogP) is 2.23. The topological polar surface area (TPSA) is 54.5 Å². The fourth-order valence-electron chi connectivity index (χ4n) is 1.84. The zero-order valence-electron chi connectivity index (χ0n) is 9.69. The van der Waals surface area contributed by atoms with Gasteiger partial charge in [0.2, 0.25) is 0 Å². The average Bonchev–Trinajstić information content (AvgIpc) is 2.85. The first kappa shape index (κ1) is 12.5. The molecule has 17 heavy (non-hydrogen) atoms. The van der Waals surface area contributed by atoms with Gasteiger partial charge in [-0.05, 0) is 20.1 Å². The van der Waals surface area contributed by atoms with E-state index in [1.165, 1.54) is 6.20 Å². The molecule has 0 radical (unpaired) electrons. The van der Waals surface area contributed by atoms with Crippen molar-refractivity contribution in [3.05, 3.63) is 16.8 Å². The standard InChI is InChI=1S/C11H15ClN4S/c1-7-10(9(12)5-14-2)15-11(17-7)16-4-3-8(13)6-16/h5,8H,2-4,6,13H2,1H3/b9-5+/t8-/m1/s1. The molecule has 0 spiro atoms. The third kappa shape index (κ3) is 2.68. The molecule has 2 rings (SSSR count). The number of rotatable bonds is 3. The van der Waals surface area contributed by atoms with Gasteiger partial charge in [-0.2, -0.15) is 0 Å². The number of nitrogens with zero attached hydrogens (tertiary/aromatic N) is 3. The van der Waals surface area contributed by atoms with E-state index in [1.807, 2.05) is 6.92 Å². The number of hydrogen-bond donors (Lipinski definition) is 1. The SMILES string of the molecule is C=N/C=C(/Cl)c1nc(N2CC[C@@H](N)C2)sc1C. The molecule has 92 valence electrons. The van der Waals surface area contributed by atoms with Crippen LogP contribution >= 0.6 is 22.9 Å². The van der Waals surface area contributed by atoms with E-state index in [0.29, 0.717) is 5.03 Å². The number of aryl methyl sites for hydroxylation is 1. The van der Waals surface area contributed by atoms with Gasteiger partial charge >= 0.3 is 0 Å². The number of nitrogens with two attached hydrogens (primary N) is 1. The number of aromatic nitrogens is 1.